The Labute approximate surface area is 160 Å². The topological polar surface area (TPSA) is 32.9 Å². The monoisotopic (exact) mass is 376 g/mol. The number of furan rings is 1. The van der Waals surface area contributed by atoms with Gasteiger partial charge in [0.1, 0.15) is 11.6 Å². The lowest BCUT2D eigenvalue weighted by Crippen LogP contribution is -3.12. The van der Waals surface area contributed by atoms with Crippen molar-refractivity contribution in [2.75, 3.05) is 31.5 Å². The first-order chi connectivity index (χ1) is 12.7. The van der Waals surface area contributed by atoms with Gasteiger partial charge in [0, 0.05) is 13.0 Å². The van der Waals surface area contributed by atoms with E-state index in [9.17, 15) is 4.39 Å². The molecule has 1 saturated heterocycles. The van der Waals surface area contributed by atoms with Gasteiger partial charge in [-0.05, 0) is 55.7 Å². The van der Waals surface area contributed by atoms with Crippen LogP contribution in [0.1, 0.15) is 31.4 Å². The molecule has 1 fully saturated rings. The van der Waals surface area contributed by atoms with Gasteiger partial charge < -0.3 is 19.5 Å². The zero-order valence-electron chi connectivity index (χ0n) is 15.0. The molecule has 6 heteroatoms. The lowest BCUT2D eigenvalue weighted by atomic mass is 10.1. The quantitative estimate of drug-likeness (QED) is 0.728. The van der Waals surface area contributed by atoms with Crippen molar-refractivity contribution in [2.24, 2.45) is 0 Å². The van der Waals surface area contributed by atoms with E-state index in [0.717, 1.165) is 25.3 Å². The Balaban J connectivity index is 1.58. The minimum atomic E-state index is -0.300. The molecule has 26 heavy (non-hydrogen) atoms. The third-order valence-corrected chi connectivity index (χ3v) is 5.21. The molecule has 2 heterocycles. The molecule has 1 aliphatic heterocycles. The molecule has 1 aromatic heterocycles. The minimum Gasteiger partial charge on any atom is -0.467 e. The summed E-state index contributed by atoms with van der Waals surface area (Å²) in [5.74, 6) is 0.554. The summed E-state index contributed by atoms with van der Waals surface area (Å²) in [6, 6.07) is 10.4. The van der Waals surface area contributed by atoms with Gasteiger partial charge in [-0.15, -0.1) is 0 Å². The summed E-state index contributed by atoms with van der Waals surface area (Å²) < 4.78 is 19.4. The fourth-order valence-corrected chi connectivity index (χ4v) is 3.69. The van der Waals surface area contributed by atoms with Crippen LogP contribution in [0.5, 0.6) is 0 Å². The van der Waals surface area contributed by atoms with Crippen molar-refractivity contribution >= 4 is 23.0 Å². The van der Waals surface area contributed by atoms with Crippen molar-refractivity contribution in [1.29, 1.82) is 0 Å². The zero-order chi connectivity index (χ0) is 18.2. The van der Waals surface area contributed by atoms with Crippen molar-refractivity contribution in [3.05, 3.63) is 54.2 Å². The highest BCUT2D eigenvalue weighted by Gasteiger charge is 2.17. The molecule has 2 N–H and O–H groups in total. The highest BCUT2D eigenvalue weighted by atomic mass is 32.1. The number of anilines is 1. The molecule has 0 saturated carbocycles. The van der Waals surface area contributed by atoms with Crippen molar-refractivity contribution in [3.8, 4) is 0 Å². The van der Waals surface area contributed by atoms with Crippen LogP contribution in [0.25, 0.3) is 0 Å². The second-order valence-electron chi connectivity index (χ2n) is 6.83. The molecular formula is C20H27FN3OS+. The second-order valence-corrected chi connectivity index (χ2v) is 7.21. The average Bonchev–Trinajstić information content (AvgIpc) is 3.17. The van der Waals surface area contributed by atoms with Crippen molar-refractivity contribution < 1.29 is 13.7 Å². The number of rotatable bonds is 7. The number of nitrogens with zero attached hydrogens (tertiary/aromatic N) is 1. The van der Waals surface area contributed by atoms with Gasteiger partial charge in [0.15, 0.2) is 5.11 Å². The van der Waals surface area contributed by atoms with Gasteiger partial charge in [-0.3, -0.25) is 0 Å². The Hall–Kier alpha value is -1.92. The molecule has 1 aliphatic rings. The van der Waals surface area contributed by atoms with Gasteiger partial charge in [-0.25, -0.2) is 4.39 Å². The van der Waals surface area contributed by atoms with Crippen LogP contribution in [-0.2, 0) is 6.54 Å². The van der Waals surface area contributed by atoms with E-state index in [-0.39, 0.29) is 5.82 Å². The largest absolute Gasteiger partial charge is 0.467 e. The number of hydrogen-bond acceptors (Lipinski definition) is 2. The first-order valence-electron chi connectivity index (χ1n) is 9.39. The van der Waals surface area contributed by atoms with Crippen molar-refractivity contribution in [3.63, 3.8) is 0 Å². The standard InChI is InChI=1S/C20H26FN3OS/c21-18-9-2-3-10-19(18)22-20(26)24(16-17-8-6-15-25-17)14-7-13-23-11-4-1-5-12-23/h2-3,6,8-10,15H,1,4-5,7,11-14,16H2,(H,22,26)/p+1. The van der Waals surface area contributed by atoms with E-state index in [1.54, 1.807) is 29.4 Å². The number of nitrogens with one attached hydrogen (secondary N) is 2. The molecule has 0 atom stereocenters. The SMILES string of the molecule is Fc1ccccc1NC(=S)N(CCC[NH+]1CCCCC1)Cc1ccco1. The van der Waals surface area contributed by atoms with Crippen LogP contribution in [0.15, 0.2) is 47.1 Å². The molecular weight excluding hydrogens is 349 g/mol. The van der Waals surface area contributed by atoms with Crippen LogP contribution in [0.4, 0.5) is 10.1 Å². The molecule has 1 aromatic carbocycles. The smallest absolute Gasteiger partial charge is 0.173 e. The van der Waals surface area contributed by atoms with Crippen LogP contribution < -0.4 is 10.2 Å². The van der Waals surface area contributed by atoms with E-state index < -0.39 is 0 Å². The normalized spacial score (nSPS) is 15.0. The Morgan fingerprint density at radius 3 is 2.69 bits per heavy atom. The molecule has 4 nitrogen and oxygen atoms in total. The average molecular weight is 377 g/mol. The summed E-state index contributed by atoms with van der Waals surface area (Å²) in [5.41, 5.74) is 0.406. The molecule has 0 unspecified atom stereocenters. The number of halogens is 1. The van der Waals surface area contributed by atoms with E-state index in [2.05, 4.69) is 10.2 Å². The number of thiocarbonyl (C=S) groups is 1. The Morgan fingerprint density at radius 1 is 1.15 bits per heavy atom. The van der Waals surface area contributed by atoms with Crippen molar-refractivity contribution in [1.82, 2.24) is 4.90 Å². The van der Waals surface area contributed by atoms with Gasteiger partial charge >= 0.3 is 0 Å². The number of benzene rings is 1. The van der Waals surface area contributed by atoms with Crippen LogP contribution in [-0.4, -0.2) is 36.2 Å². The summed E-state index contributed by atoms with van der Waals surface area (Å²) in [4.78, 5) is 3.74. The lowest BCUT2D eigenvalue weighted by molar-refractivity contribution is -0.905. The Morgan fingerprint density at radius 2 is 1.96 bits per heavy atom. The van der Waals surface area contributed by atoms with E-state index >= 15 is 0 Å². The number of likely N-dealkylation sites (tertiary alicyclic amines) is 1. The fraction of sp³-hybridized carbons (Fsp3) is 0.450. The molecule has 0 spiro atoms. The van der Waals surface area contributed by atoms with Crippen LogP contribution in [0, 0.1) is 5.82 Å². The maximum Gasteiger partial charge on any atom is 0.173 e. The van der Waals surface area contributed by atoms with E-state index in [1.807, 2.05) is 12.1 Å². The second kappa shape index (κ2) is 9.69. The summed E-state index contributed by atoms with van der Waals surface area (Å²) >= 11 is 5.56. The first-order valence-corrected chi connectivity index (χ1v) is 9.79. The number of hydrogen-bond donors (Lipinski definition) is 2. The van der Waals surface area contributed by atoms with Crippen LogP contribution in [0.3, 0.4) is 0 Å². The van der Waals surface area contributed by atoms with E-state index in [1.165, 1.54) is 38.4 Å². The van der Waals surface area contributed by atoms with E-state index in [0.29, 0.717) is 17.3 Å². The van der Waals surface area contributed by atoms with Crippen LogP contribution >= 0.6 is 12.2 Å². The summed E-state index contributed by atoms with van der Waals surface area (Å²) in [7, 11) is 0. The highest BCUT2D eigenvalue weighted by molar-refractivity contribution is 7.80. The van der Waals surface area contributed by atoms with Gasteiger partial charge in [0.2, 0.25) is 0 Å². The molecule has 0 bridgehead atoms. The Bertz CT molecular complexity index is 686. The summed E-state index contributed by atoms with van der Waals surface area (Å²) in [5, 5.41) is 3.57. The number of quaternary nitrogens is 1. The molecule has 2 aromatic rings. The number of piperidine rings is 1. The van der Waals surface area contributed by atoms with Crippen molar-refractivity contribution in [2.45, 2.75) is 32.2 Å². The van der Waals surface area contributed by atoms with Crippen LogP contribution in [0.2, 0.25) is 0 Å². The number of para-hydroxylation sites is 1. The first kappa shape index (κ1) is 18.9. The zero-order valence-corrected chi connectivity index (χ0v) is 15.9. The third kappa shape index (κ3) is 5.54. The molecule has 140 valence electrons. The molecule has 0 amide bonds. The van der Waals surface area contributed by atoms with Gasteiger partial charge in [-0.2, -0.15) is 0 Å². The molecule has 3 rings (SSSR count). The molecule has 0 radical (unpaired) electrons. The predicted molar refractivity (Wildman–Crippen MR) is 106 cm³/mol. The lowest BCUT2D eigenvalue weighted by Gasteiger charge is -2.27. The minimum absolute atomic E-state index is 0.300. The van der Waals surface area contributed by atoms with Gasteiger partial charge in [0.05, 0.1) is 38.1 Å². The Kier molecular flexibility index (Phi) is 7.03. The fourth-order valence-electron chi connectivity index (χ4n) is 3.42. The van der Waals surface area contributed by atoms with Gasteiger partial charge in [-0.1, -0.05) is 12.1 Å². The maximum atomic E-state index is 13.9. The van der Waals surface area contributed by atoms with Gasteiger partial charge in [0.25, 0.3) is 0 Å². The molecule has 0 aliphatic carbocycles. The predicted octanol–water partition coefficient (Wildman–Crippen LogP) is 3.08. The van der Waals surface area contributed by atoms with E-state index in [4.69, 9.17) is 16.6 Å². The summed E-state index contributed by atoms with van der Waals surface area (Å²) in [6.07, 6.45) is 6.75. The maximum absolute atomic E-state index is 13.9. The summed E-state index contributed by atoms with van der Waals surface area (Å²) in [6.45, 7) is 5.11. The highest BCUT2D eigenvalue weighted by Crippen LogP contribution is 2.15. The third-order valence-electron chi connectivity index (χ3n) is 4.85.